The highest BCUT2D eigenvalue weighted by molar-refractivity contribution is 5.76. The minimum atomic E-state index is -0.453. The Labute approximate surface area is 113 Å². The molecule has 1 amide bonds. The molecule has 1 saturated heterocycles. The maximum Gasteiger partial charge on any atom is 0.220 e. The minimum Gasteiger partial charge on any atom is -0.361 e. The van der Waals surface area contributed by atoms with Crippen LogP contribution < -0.4 is 5.32 Å². The molecule has 1 atom stereocenters. The van der Waals surface area contributed by atoms with Gasteiger partial charge in [0.2, 0.25) is 5.91 Å². The van der Waals surface area contributed by atoms with Gasteiger partial charge in [-0.15, -0.1) is 0 Å². The Morgan fingerprint density at radius 1 is 1.47 bits per heavy atom. The molecule has 0 radical (unpaired) electrons. The number of carbonyl (C=O) groups excluding carboxylic acids is 1. The number of hydrogen-bond acceptors (Lipinski definition) is 4. The number of hydrogen-bond donors (Lipinski definition) is 1. The lowest BCUT2D eigenvalue weighted by Crippen LogP contribution is -2.34. The monoisotopic (exact) mass is 263 g/mol. The third kappa shape index (κ3) is 3.99. The predicted molar refractivity (Wildman–Crippen MR) is 71.4 cm³/mol. The topological polar surface area (TPSA) is 67.4 Å². The van der Waals surface area contributed by atoms with Crippen molar-refractivity contribution in [3.05, 3.63) is 24.3 Å². The first-order valence-corrected chi connectivity index (χ1v) is 6.58. The van der Waals surface area contributed by atoms with Crippen LogP contribution in [0.2, 0.25) is 0 Å². The molecule has 1 aromatic rings. The van der Waals surface area contributed by atoms with Crippen molar-refractivity contribution in [2.45, 2.75) is 39.2 Å². The molecule has 104 valence electrons. The molecule has 1 aromatic heterocycles. The van der Waals surface area contributed by atoms with E-state index in [4.69, 9.17) is 4.74 Å². The quantitative estimate of drug-likeness (QED) is 0.820. The van der Waals surface area contributed by atoms with Crippen molar-refractivity contribution in [2.75, 3.05) is 13.2 Å². The fourth-order valence-electron chi connectivity index (χ4n) is 1.78. The summed E-state index contributed by atoms with van der Waals surface area (Å²) in [5, 5.41) is 2.92. The molecule has 1 aliphatic rings. The van der Waals surface area contributed by atoms with Gasteiger partial charge in [-0.3, -0.25) is 14.8 Å². The lowest BCUT2D eigenvalue weighted by molar-refractivity contribution is -0.121. The van der Waals surface area contributed by atoms with Crippen LogP contribution in [-0.4, -0.2) is 29.0 Å². The fraction of sp³-hybridized carbons (Fsp3) is 0.643. The summed E-state index contributed by atoms with van der Waals surface area (Å²) < 4.78 is 5.46. The molecule has 0 saturated carbocycles. The highest BCUT2D eigenvalue weighted by Crippen LogP contribution is 2.36. The lowest BCUT2D eigenvalue weighted by atomic mass is 9.90. The van der Waals surface area contributed by atoms with E-state index in [9.17, 15) is 4.79 Å². The van der Waals surface area contributed by atoms with Crippen molar-refractivity contribution in [2.24, 2.45) is 5.41 Å². The van der Waals surface area contributed by atoms with Gasteiger partial charge in [0.05, 0.1) is 25.0 Å². The van der Waals surface area contributed by atoms with Crippen LogP contribution in [0.25, 0.3) is 0 Å². The van der Waals surface area contributed by atoms with Gasteiger partial charge < -0.3 is 10.1 Å². The normalized spacial score (nSPS) is 22.1. The molecule has 0 aromatic carbocycles. The molecule has 5 heteroatoms. The summed E-state index contributed by atoms with van der Waals surface area (Å²) in [6, 6.07) is 0. The van der Waals surface area contributed by atoms with Crippen molar-refractivity contribution in [1.82, 2.24) is 15.3 Å². The van der Waals surface area contributed by atoms with E-state index in [0.717, 1.165) is 12.1 Å². The van der Waals surface area contributed by atoms with Crippen molar-refractivity contribution in [3.8, 4) is 0 Å². The van der Waals surface area contributed by atoms with E-state index in [1.807, 2.05) is 0 Å². The zero-order valence-corrected chi connectivity index (χ0v) is 11.8. The van der Waals surface area contributed by atoms with Gasteiger partial charge in [0.15, 0.2) is 5.60 Å². The summed E-state index contributed by atoms with van der Waals surface area (Å²) in [7, 11) is 0. The summed E-state index contributed by atoms with van der Waals surface area (Å²) in [5.74, 6) is 0.0636. The third-order valence-corrected chi connectivity index (χ3v) is 3.20. The van der Waals surface area contributed by atoms with Gasteiger partial charge in [-0.05, 0) is 11.8 Å². The fourth-order valence-corrected chi connectivity index (χ4v) is 1.78. The second kappa shape index (κ2) is 5.25. The number of ether oxygens (including phenoxy) is 1. The first-order chi connectivity index (χ1) is 8.91. The molecule has 1 aliphatic heterocycles. The SMILES string of the molecule is CC(C)(C)CCC(=O)NCC1(c2cnccn2)CO1. The van der Waals surface area contributed by atoms with Crippen LogP contribution >= 0.6 is 0 Å². The highest BCUT2D eigenvalue weighted by atomic mass is 16.6. The van der Waals surface area contributed by atoms with E-state index in [-0.39, 0.29) is 11.3 Å². The number of nitrogens with one attached hydrogen (secondary N) is 1. The summed E-state index contributed by atoms with van der Waals surface area (Å²) in [5.41, 5.74) is 0.507. The van der Waals surface area contributed by atoms with E-state index in [1.165, 1.54) is 0 Å². The van der Waals surface area contributed by atoms with Crippen LogP contribution in [-0.2, 0) is 15.1 Å². The van der Waals surface area contributed by atoms with Gasteiger partial charge in [-0.1, -0.05) is 20.8 Å². The predicted octanol–water partition coefficient (Wildman–Crippen LogP) is 1.64. The molecule has 0 bridgehead atoms. The number of amides is 1. The van der Waals surface area contributed by atoms with Gasteiger partial charge in [0, 0.05) is 18.8 Å². The van der Waals surface area contributed by atoms with Gasteiger partial charge in [0.25, 0.3) is 0 Å². The van der Waals surface area contributed by atoms with Crippen LogP contribution in [0.15, 0.2) is 18.6 Å². The molecule has 1 N–H and O–H groups in total. The van der Waals surface area contributed by atoms with Crippen molar-refractivity contribution >= 4 is 5.91 Å². The van der Waals surface area contributed by atoms with Crippen molar-refractivity contribution in [3.63, 3.8) is 0 Å². The Balaban J connectivity index is 1.81. The van der Waals surface area contributed by atoms with E-state index >= 15 is 0 Å². The molecular weight excluding hydrogens is 242 g/mol. The molecule has 2 heterocycles. The number of aromatic nitrogens is 2. The Morgan fingerprint density at radius 2 is 2.21 bits per heavy atom. The van der Waals surface area contributed by atoms with Crippen LogP contribution in [0.5, 0.6) is 0 Å². The molecule has 19 heavy (non-hydrogen) atoms. The van der Waals surface area contributed by atoms with Gasteiger partial charge >= 0.3 is 0 Å². The summed E-state index contributed by atoms with van der Waals surface area (Å²) >= 11 is 0. The lowest BCUT2D eigenvalue weighted by Gasteiger charge is -2.18. The molecule has 0 aliphatic carbocycles. The van der Waals surface area contributed by atoms with Gasteiger partial charge in [-0.25, -0.2) is 0 Å². The van der Waals surface area contributed by atoms with Crippen LogP contribution in [0.3, 0.4) is 0 Å². The molecule has 1 fully saturated rings. The third-order valence-electron chi connectivity index (χ3n) is 3.20. The maximum atomic E-state index is 11.8. The first kappa shape index (κ1) is 13.9. The maximum absolute atomic E-state index is 11.8. The summed E-state index contributed by atoms with van der Waals surface area (Å²) in [6.07, 6.45) is 6.37. The molecular formula is C14H21N3O2. The zero-order valence-electron chi connectivity index (χ0n) is 11.8. The van der Waals surface area contributed by atoms with Gasteiger partial charge in [-0.2, -0.15) is 0 Å². The van der Waals surface area contributed by atoms with E-state index in [0.29, 0.717) is 19.6 Å². The Morgan fingerprint density at radius 3 is 2.74 bits per heavy atom. The smallest absolute Gasteiger partial charge is 0.220 e. The van der Waals surface area contributed by atoms with Crippen molar-refractivity contribution < 1.29 is 9.53 Å². The molecule has 0 spiro atoms. The number of carbonyl (C=O) groups is 1. The molecule has 2 rings (SSSR count). The Bertz CT molecular complexity index is 436. The Kier molecular flexibility index (Phi) is 3.85. The second-order valence-corrected chi connectivity index (χ2v) is 6.21. The van der Waals surface area contributed by atoms with E-state index in [2.05, 4.69) is 36.1 Å². The van der Waals surface area contributed by atoms with Crippen LogP contribution in [0, 0.1) is 5.41 Å². The standard InChI is InChI=1S/C14H21N3O2/c1-13(2,3)5-4-12(18)17-9-14(10-19-14)11-8-15-6-7-16-11/h6-8H,4-5,9-10H2,1-3H3,(H,17,18). The van der Waals surface area contributed by atoms with Crippen LogP contribution in [0.1, 0.15) is 39.3 Å². The van der Waals surface area contributed by atoms with E-state index in [1.54, 1.807) is 18.6 Å². The second-order valence-electron chi connectivity index (χ2n) is 6.21. The van der Waals surface area contributed by atoms with Gasteiger partial charge in [0.1, 0.15) is 0 Å². The summed E-state index contributed by atoms with van der Waals surface area (Å²) in [4.78, 5) is 20.1. The zero-order chi connectivity index (χ0) is 13.9. The number of rotatable bonds is 5. The minimum absolute atomic E-state index is 0.0636. The number of epoxide rings is 1. The number of nitrogens with zero attached hydrogens (tertiary/aromatic N) is 2. The largest absolute Gasteiger partial charge is 0.361 e. The molecule has 5 nitrogen and oxygen atoms in total. The first-order valence-electron chi connectivity index (χ1n) is 6.58. The highest BCUT2D eigenvalue weighted by Gasteiger charge is 2.48. The van der Waals surface area contributed by atoms with E-state index < -0.39 is 5.60 Å². The summed E-state index contributed by atoms with van der Waals surface area (Å²) in [6.45, 7) is 7.45. The average Bonchev–Trinajstić information content (AvgIpc) is 3.15. The Hall–Kier alpha value is -1.49. The average molecular weight is 263 g/mol. The van der Waals surface area contributed by atoms with Crippen LogP contribution in [0.4, 0.5) is 0 Å². The molecule has 1 unspecified atom stereocenters. The van der Waals surface area contributed by atoms with Crippen molar-refractivity contribution in [1.29, 1.82) is 0 Å².